The summed E-state index contributed by atoms with van der Waals surface area (Å²) in [5.41, 5.74) is 1.71. The molecule has 0 unspecified atom stereocenters. The van der Waals surface area contributed by atoms with Gasteiger partial charge in [0, 0.05) is 12.0 Å². The Morgan fingerprint density at radius 1 is 1.15 bits per heavy atom. The summed E-state index contributed by atoms with van der Waals surface area (Å²) >= 11 is 1.32. The summed E-state index contributed by atoms with van der Waals surface area (Å²) in [4.78, 5) is 19.2. The van der Waals surface area contributed by atoms with Crippen LogP contribution in [-0.2, 0) is 6.42 Å². The van der Waals surface area contributed by atoms with Crippen LogP contribution in [0.1, 0.15) is 11.1 Å². The van der Waals surface area contributed by atoms with Crippen LogP contribution in [0.3, 0.4) is 0 Å². The first-order chi connectivity index (χ1) is 12.7. The van der Waals surface area contributed by atoms with Gasteiger partial charge in [-0.1, -0.05) is 54.2 Å². The Bertz CT molecular complexity index is 994. The molecule has 0 saturated carbocycles. The predicted octanol–water partition coefficient (Wildman–Crippen LogP) is 3.65. The van der Waals surface area contributed by atoms with Crippen molar-refractivity contribution in [3.8, 4) is 23.1 Å². The Kier molecular flexibility index (Phi) is 5.72. The van der Waals surface area contributed by atoms with E-state index in [9.17, 15) is 10.1 Å². The average molecular weight is 363 g/mol. The number of nitrogens with zero attached hydrogens (tertiary/aromatic N) is 2. The number of para-hydroxylation sites is 1. The lowest BCUT2D eigenvalue weighted by Gasteiger charge is -2.12. The molecule has 5 nitrogen and oxygen atoms in total. The van der Waals surface area contributed by atoms with Crippen LogP contribution in [0, 0.1) is 11.3 Å². The summed E-state index contributed by atoms with van der Waals surface area (Å²) in [6.07, 6.45) is 2.58. The van der Waals surface area contributed by atoms with Gasteiger partial charge in [0.15, 0.2) is 5.16 Å². The monoisotopic (exact) mass is 363 g/mol. The Balaban J connectivity index is 1.91. The quantitative estimate of drug-likeness (QED) is 0.534. The maximum absolute atomic E-state index is 12.2. The van der Waals surface area contributed by atoms with Crippen molar-refractivity contribution in [1.82, 2.24) is 9.97 Å². The molecule has 3 rings (SSSR count). The summed E-state index contributed by atoms with van der Waals surface area (Å²) in [7, 11) is 0. The van der Waals surface area contributed by atoms with Crippen molar-refractivity contribution < 1.29 is 4.74 Å². The highest BCUT2D eigenvalue weighted by Gasteiger charge is 2.16. The van der Waals surface area contributed by atoms with Gasteiger partial charge >= 0.3 is 0 Å². The minimum Gasteiger partial charge on any atom is -0.493 e. The zero-order valence-electron chi connectivity index (χ0n) is 14.2. The van der Waals surface area contributed by atoms with Crippen LogP contribution in [0.5, 0.6) is 5.75 Å². The number of hydrogen-bond acceptors (Lipinski definition) is 5. The fourth-order valence-electron chi connectivity index (χ4n) is 2.56. The number of H-pyrrole nitrogens is 1. The van der Waals surface area contributed by atoms with E-state index in [0.29, 0.717) is 28.8 Å². The third kappa shape index (κ3) is 3.95. The fraction of sp³-hybridized carbons (Fsp3) is 0.150. The number of aromatic nitrogens is 2. The zero-order valence-corrected chi connectivity index (χ0v) is 15.0. The van der Waals surface area contributed by atoms with Crippen molar-refractivity contribution in [1.29, 1.82) is 5.26 Å². The molecule has 1 heterocycles. The van der Waals surface area contributed by atoms with Gasteiger partial charge in [0.2, 0.25) is 0 Å². The molecule has 0 fully saturated rings. The molecule has 0 spiro atoms. The topological polar surface area (TPSA) is 78.8 Å². The average Bonchev–Trinajstić information content (AvgIpc) is 2.68. The molecule has 0 atom stereocenters. The van der Waals surface area contributed by atoms with E-state index in [0.717, 1.165) is 6.42 Å². The van der Waals surface area contributed by atoms with Gasteiger partial charge in [0.05, 0.1) is 6.61 Å². The van der Waals surface area contributed by atoms with Crippen LogP contribution in [0.15, 0.2) is 64.5 Å². The van der Waals surface area contributed by atoms with Crippen molar-refractivity contribution in [3.63, 3.8) is 0 Å². The third-order valence-electron chi connectivity index (χ3n) is 3.84. The number of nitriles is 1. The van der Waals surface area contributed by atoms with Gasteiger partial charge in [0.25, 0.3) is 5.56 Å². The van der Waals surface area contributed by atoms with Gasteiger partial charge in [-0.15, -0.1) is 0 Å². The molecule has 1 N–H and O–H groups in total. The maximum Gasteiger partial charge on any atom is 0.270 e. The molecule has 130 valence electrons. The van der Waals surface area contributed by atoms with Gasteiger partial charge in [-0.2, -0.15) is 5.26 Å². The predicted molar refractivity (Wildman–Crippen MR) is 102 cm³/mol. The molecule has 0 amide bonds. The van der Waals surface area contributed by atoms with Crippen LogP contribution in [-0.4, -0.2) is 22.8 Å². The minimum absolute atomic E-state index is 0.0121. The minimum atomic E-state index is -0.444. The number of nitrogens with one attached hydrogen (secondary N) is 1. The molecular weight excluding hydrogens is 346 g/mol. The van der Waals surface area contributed by atoms with Crippen LogP contribution in [0.25, 0.3) is 11.3 Å². The molecular formula is C20H17N3O2S. The lowest BCUT2D eigenvalue weighted by Crippen LogP contribution is -2.15. The first-order valence-corrected chi connectivity index (χ1v) is 9.30. The van der Waals surface area contributed by atoms with E-state index < -0.39 is 5.56 Å². The summed E-state index contributed by atoms with van der Waals surface area (Å²) in [5, 5.41) is 9.84. The van der Waals surface area contributed by atoms with E-state index in [-0.39, 0.29) is 5.56 Å². The Morgan fingerprint density at radius 3 is 2.62 bits per heavy atom. The van der Waals surface area contributed by atoms with E-state index in [1.165, 1.54) is 17.3 Å². The van der Waals surface area contributed by atoms with Crippen molar-refractivity contribution in [2.45, 2.75) is 11.6 Å². The third-order valence-corrected chi connectivity index (χ3v) is 4.42. The molecule has 0 aliphatic carbocycles. The van der Waals surface area contributed by atoms with Crippen LogP contribution < -0.4 is 10.3 Å². The standard InChI is InChI=1S/C20H17N3O2S/c1-26-20-22-18(16(13-21)19(24)23-20)15-9-5-6-10-17(15)25-12-11-14-7-3-2-4-8-14/h2-10H,11-12H2,1H3,(H,22,23,24). The molecule has 0 radical (unpaired) electrons. The fourth-order valence-corrected chi connectivity index (χ4v) is 2.94. The highest BCUT2D eigenvalue weighted by molar-refractivity contribution is 7.98. The number of aromatic amines is 1. The second-order valence-corrected chi connectivity index (χ2v) is 6.29. The molecule has 6 heteroatoms. The molecule has 3 aromatic rings. The number of thioether (sulfide) groups is 1. The van der Waals surface area contributed by atoms with Crippen LogP contribution in [0.2, 0.25) is 0 Å². The molecule has 2 aromatic carbocycles. The lowest BCUT2D eigenvalue weighted by molar-refractivity contribution is 0.323. The number of hydrogen-bond donors (Lipinski definition) is 1. The number of ether oxygens (including phenoxy) is 1. The van der Waals surface area contributed by atoms with E-state index >= 15 is 0 Å². The van der Waals surface area contributed by atoms with Gasteiger partial charge in [-0.05, 0) is 24.0 Å². The normalized spacial score (nSPS) is 10.3. The Labute approximate surface area is 155 Å². The van der Waals surface area contributed by atoms with Crippen molar-refractivity contribution in [2.75, 3.05) is 12.9 Å². The Hall–Kier alpha value is -3.04. The van der Waals surface area contributed by atoms with E-state index in [2.05, 4.69) is 9.97 Å². The molecule has 26 heavy (non-hydrogen) atoms. The van der Waals surface area contributed by atoms with Gasteiger partial charge < -0.3 is 9.72 Å². The van der Waals surface area contributed by atoms with E-state index in [1.54, 1.807) is 0 Å². The van der Waals surface area contributed by atoms with Crippen LogP contribution in [0.4, 0.5) is 0 Å². The molecule has 0 bridgehead atoms. The second kappa shape index (κ2) is 8.37. The molecule has 0 aliphatic heterocycles. The molecule has 0 aliphatic rings. The largest absolute Gasteiger partial charge is 0.493 e. The lowest BCUT2D eigenvalue weighted by atomic mass is 10.1. The Morgan fingerprint density at radius 2 is 1.88 bits per heavy atom. The molecule has 1 aromatic heterocycles. The first kappa shape index (κ1) is 17.8. The van der Waals surface area contributed by atoms with Crippen molar-refractivity contribution >= 4 is 11.8 Å². The number of benzene rings is 2. The number of rotatable bonds is 6. The summed E-state index contributed by atoms with van der Waals surface area (Å²) in [5.74, 6) is 0.602. The summed E-state index contributed by atoms with van der Waals surface area (Å²) in [6.45, 7) is 0.488. The SMILES string of the molecule is CSc1nc(-c2ccccc2OCCc2ccccc2)c(C#N)c(=O)[nH]1. The maximum atomic E-state index is 12.2. The highest BCUT2D eigenvalue weighted by atomic mass is 32.2. The van der Waals surface area contributed by atoms with Gasteiger partial charge in [-0.25, -0.2) is 4.98 Å². The van der Waals surface area contributed by atoms with Crippen molar-refractivity contribution in [2.24, 2.45) is 0 Å². The van der Waals surface area contributed by atoms with Gasteiger partial charge in [0.1, 0.15) is 23.1 Å². The summed E-state index contributed by atoms with van der Waals surface area (Å²) in [6, 6.07) is 19.3. The zero-order chi connectivity index (χ0) is 18.4. The summed E-state index contributed by atoms with van der Waals surface area (Å²) < 4.78 is 5.94. The second-order valence-electron chi connectivity index (χ2n) is 5.49. The van der Waals surface area contributed by atoms with Crippen molar-refractivity contribution in [3.05, 3.63) is 76.1 Å². The molecule has 0 saturated heterocycles. The first-order valence-electron chi connectivity index (χ1n) is 8.07. The smallest absolute Gasteiger partial charge is 0.270 e. The van der Waals surface area contributed by atoms with E-state index in [1.807, 2.05) is 66.9 Å². The van der Waals surface area contributed by atoms with Crippen LogP contribution >= 0.6 is 11.8 Å². The van der Waals surface area contributed by atoms with E-state index in [4.69, 9.17) is 4.74 Å². The van der Waals surface area contributed by atoms with Gasteiger partial charge in [-0.3, -0.25) is 4.79 Å². The highest BCUT2D eigenvalue weighted by Crippen LogP contribution is 2.30.